The summed E-state index contributed by atoms with van der Waals surface area (Å²) in [5.41, 5.74) is 1.12. The molecule has 1 aromatic carbocycles. The van der Waals surface area contributed by atoms with Crippen molar-refractivity contribution in [3.8, 4) is 5.75 Å². The highest BCUT2D eigenvalue weighted by atomic mass is 79.9. The van der Waals surface area contributed by atoms with Crippen LogP contribution in [-0.4, -0.2) is 7.11 Å². The molecule has 0 N–H and O–H groups in total. The summed E-state index contributed by atoms with van der Waals surface area (Å²) in [5.74, 6) is 0.858. The van der Waals surface area contributed by atoms with Crippen LogP contribution in [0.25, 0.3) is 0 Å². The van der Waals surface area contributed by atoms with Crippen LogP contribution in [0.4, 0.5) is 0 Å². The molecule has 0 aromatic heterocycles. The maximum absolute atomic E-state index is 5.10. The van der Waals surface area contributed by atoms with Crippen LogP contribution in [0, 0.1) is 0 Å². The summed E-state index contributed by atoms with van der Waals surface area (Å²) in [6.45, 7) is 0. The van der Waals surface area contributed by atoms with Crippen molar-refractivity contribution in [3.63, 3.8) is 0 Å². The van der Waals surface area contributed by atoms with Gasteiger partial charge < -0.3 is 4.74 Å². The minimum Gasteiger partial charge on any atom is -0.497 e. The molecule has 0 saturated heterocycles. The van der Waals surface area contributed by atoms with Crippen LogP contribution in [0.2, 0.25) is 0 Å². The second-order valence-corrected chi connectivity index (χ2v) is 6.10. The molecule has 0 bridgehead atoms. The summed E-state index contributed by atoms with van der Waals surface area (Å²) in [6, 6.07) is 5.85. The zero-order valence-electron chi connectivity index (χ0n) is 6.35. The van der Waals surface area contributed by atoms with E-state index in [0.29, 0.717) is 0 Å². The Hall–Kier alpha value is 0.460. The number of rotatable bonds is 2. The predicted octanol–water partition coefficient (Wildman–Crippen LogP) is 4.25. The Bertz CT molecular complexity index is 273. The largest absolute Gasteiger partial charge is 0.497 e. The Morgan fingerprint density at radius 2 is 2.00 bits per heavy atom. The molecule has 0 fully saturated rings. The van der Waals surface area contributed by atoms with E-state index in [0.717, 1.165) is 15.8 Å². The van der Waals surface area contributed by atoms with Crippen LogP contribution < -0.4 is 4.74 Å². The number of halogens is 3. The Morgan fingerprint density at radius 3 is 2.50 bits per heavy atom. The third kappa shape index (κ3) is 2.47. The third-order valence-electron chi connectivity index (χ3n) is 1.44. The summed E-state index contributed by atoms with van der Waals surface area (Å²) < 4.78 is 6.30. The average Bonchev–Trinajstić information content (AvgIpc) is 2.05. The lowest BCUT2D eigenvalue weighted by Crippen LogP contribution is -1.87. The minimum absolute atomic E-state index is 0.148. The van der Waals surface area contributed by atoms with E-state index in [-0.39, 0.29) is 3.74 Å². The zero-order chi connectivity index (χ0) is 9.14. The molecule has 12 heavy (non-hydrogen) atoms. The van der Waals surface area contributed by atoms with Gasteiger partial charge in [-0.05, 0) is 23.8 Å². The SMILES string of the molecule is COc1ccc(Br)c(C(Br)Br)c1. The molecule has 0 aliphatic heterocycles. The molecule has 0 amide bonds. The lowest BCUT2D eigenvalue weighted by atomic mass is 10.2. The molecule has 66 valence electrons. The van der Waals surface area contributed by atoms with Gasteiger partial charge in [-0.15, -0.1) is 0 Å². The first-order valence-corrected chi connectivity index (χ1v) is 5.89. The fourth-order valence-electron chi connectivity index (χ4n) is 0.816. The normalized spacial score (nSPS) is 10.4. The van der Waals surface area contributed by atoms with Crippen molar-refractivity contribution in [2.24, 2.45) is 0 Å². The fourth-order valence-corrected chi connectivity index (χ4v) is 2.66. The van der Waals surface area contributed by atoms with Crippen molar-refractivity contribution >= 4 is 47.8 Å². The number of benzene rings is 1. The maximum Gasteiger partial charge on any atom is 0.119 e. The average molecular weight is 359 g/mol. The molecule has 1 rings (SSSR count). The van der Waals surface area contributed by atoms with Crippen molar-refractivity contribution in [1.82, 2.24) is 0 Å². The van der Waals surface area contributed by atoms with Gasteiger partial charge in [-0.3, -0.25) is 0 Å². The van der Waals surface area contributed by atoms with Crippen LogP contribution in [0.3, 0.4) is 0 Å². The molecule has 0 radical (unpaired) electrons. The first-order chi connectivity index (χ1) is 5.65. The first-order valence-electron chi connectivity index (χ1n) is 3.26. The Balaban J connectivity index is 3.08. The first kappa shape index (κ1) is 10.5. The molecule has 0 heterocycles. The van der Waals surface area contributed by atoms with Crippen molar-refractivity contribution < 1.29 is 4.74 Å². The van der Waals surface area contributed by atoms with Crippen LogP contribution in [-0.2, 0) is 0 Å². The van der Waals surface area contributed by atoms with Crippen LogP contribution >= 0.6 is 47.8 Å². The smallest absolute Gasteiger partial charge is 0.119 e. The third-order valence-corrected chi connectivity index (χ3v) is 3.15. The van der Waals surface area contributed by atoms with Gasteiger partial charge in [-0.1, -0.05) is 47.8 Å². The molecular weight excluding hydrogens is 352 g/mol. The number of hydrogen-bond acceptors (Lipinski definition) is 1. The highest BCUT2D eigenvalue weighted by Gasteiger charge is 2.07. The van der Waals surface area contributed by atoms with Gasteiger partial charge in [0.05, 0.1) is 10.8 Å². The van der Waals surface area contributed by atoms with E-state index < -0.39 is 0 Å². The monoisotopic (exact) mass is 356 g/mol. The quantitative estimate of drug-likeness (QED) is 0.718. The summed E-state index contributed by atoms with van der Waals surface area (Å²) in [4.78, 5) is 0. The van der Waals surface area contributed by atoms with Gasteiger partial charge in [0.25, 0.3) is 0 Å². The van der Waals surface area contributed by atoms with E-state index in [1.165, 1.54) is 0 Å². The van der Waals surface area contributed by atoms with Crippen LogP contribution in [0.15, 0.2) is 22.7 Å². The zero-order valence-corrected chi connectivity index (χ0v) is 11.1. The molecule has 0 unspecified atom stereocenters. The molecule has 1 aromatic rings. The van der Waals surface area contributed by atoms with Gasteiger partial charge in [-0.2, -0.15) is 0 Å². The van der Waals surface area contributed by atoms with Crippen LogP contribution in [0.5, 0.6) is 5.75 Å². The van der Waals surface area contributed by atoms with Gasteiger partial charge in [-0.25, -0.2) is 0 Å². The summed E-state index contributed by atoms with van der Waals surface area (Å²) in [7, 11) is 1.66. The van der Waals surface area contributed by atoms with E-state index in [4.69, 9.17) is 4.74 Å². The van der Waals surface area contributed by atoms with Crippen molar-refractivity contribution in [1.29, 1.82) is 0 Å². The van der Waals surface area contributed by atoms with E-state index in [1.807, 2.05) is 18.2 Å². The van der Waals surface area contributed by atoms with Crippen LogP contribution in [0.1, 0.15) is 9.30 Å². The summed E-state index contributed by atoms with van der Waals surface area (Å²) in [5, 5.41) is 0. The lowest BCUT2D eigenvalue weighted by molar-refractivity contribution is 0.414. The molecule has 0 spiro atoms. The highest BCUT2D eigenvalue weighted by molar-refractivity contribution is 9.24. The predicted molar refractivity (Wildman–Crippen MR) is 61.3 cm³/mol. The van der Waals surface area contributed by atoms with Crippen molar-refractivity contribution in [2.75, 3.05) is 7.11 Å². The van der Waals surface area contributed by atoms with Gasteiger partial charge >= 0.3 is 0 Å². The molecule has 0 aliphatic rings. The molecule has 0 atom stereocenters. The Labute approximate surface area is 96.9 Å². The van der Waals surface area contributed by atoms with Gasteiger partial charge in [0.2, 0.25) is 0 Å². The second-order valence-electron chi connectivity index (χ2n) is 2.19. The molecule has 0 aliphatic carbocycles. The molecule has 1 nitrogen and oxygen atoms in total. The minimum atomic E-state index is 0.148. The molecule has 0 saturated carbocycles. The van der Waals surface area contributed by atoms with Crippen molar-refractivity contribution in [2.45, 2.75) is 3.74 Å². The number of hydrogen-bond donors (Lipinski definition) is 0. The summed E-state index contributed by atoms with van der Waals surface area (Å²) in [6.07, 6.45) is 0. The second kappa shape index (κ2) is 4.63. The van der Waals surface area contributed by atoms with Gasteiger partial charge in [0.15, 0.2) is 0 Å². The fraction of sp³-hybridized carbons (Fsp3) is 0.250. The number of methoxy groups -OCH3 is 1. The van der Waals surface area contributed by atoms with E-state index in [2.05, 4.69) is 47.8 Å². The summed E-state index contributed by atoms with van der Waals surface area (Å²) >= 11 is 10.3. The van der Waals surface area contributed by atoms with Crippen molar-refractivity contribution in [3.05, 3.63) is 28.2 Å². The molecular formula is C8H7Br3O. The number of alkyl halides is 2. The Morgan fingerprint density at radius 1 is 1.33 bits per heavy atom. The maximum atomic E-state index is 5.10. The standard InChI is InChI=1S/C8H7Br3O/c1-12-5-2-3-7(9)6(4-5)8(10)11/h2-4,8H,1H3. The van der Waals surface area contributed by atoms with Gasteiger partial charge in [0, 0.05) is 4.47 Å². The molecule has 4 heteroatoms. The van der Waals surface area contributed by atoms with E-state index in [9.17, 15) is 0 Å². The Kier molecular flexibility index (Phi) is 4.06. The topological polar surface area (TPSA) is 9.23 Å². The highest BCUT2D eigenvalue weighted by Crippen LogP contribution is 2.36. The van der Waals surface area contributed by atoms with E-state index >= 15 is 0 Å². The number of ether oxygens (including phenoxy) is 1. The lowest BCUT2D eigenvalue weighted by Gasteiger charge is -2.07. The van der Waals surface area contributed by atoms with Gasteiger partial charge in [0.1, 0.15) is 5.75 Å². The van der Waals surface area contributed by atoms with E-state index in [1.54, 1.807) is 7.11 Å².